The van der Waals surface area contributed by atoms with Gasteiger partial charge in [0.2, 0.25) is 5.91 Å². The van der Waals surface area contributed by atoms with E-state index < -0.39 is 6.04 Å². The Balaban J connectivity index is 1.33. The van der Waals surface area contributed by atoms with E-state index >= 15 is 0 Å². The van der Waals surface area contributed by atoms with E-state index in [4.69, 9.17) is 0 Å². The van der Waals surface area contributed by atoms with Crippen LogP contribution in [0.2, 0.25) is 0 Å². The summed E-state index contributed by atoms with van der Waals surface area (Å²) in [6, 6.07) is 1.89. The first-order chi connectivity index (χ1) is 12.0. The van der Waals surface area contributed by atoms with Crippen LogP contribution in [0.15, 0.2) is 6.07 Å². The average molecular weight is 345 g/mol. The quantitative estimate of drug-likeness (QED) is 0.860. The molecule has 3 aliphatic rings. The van der Waals surface area contributed by atoms with Crippen molar-refractivity contribution in [1.82, 2.24) is 20.0 Å². The summed E-state index contributed by atoms with van der Waals surface area (Å²) in [5.74, 6) is 1.31. The molecule has 136 valence electrons. The second kappa shape index (κ2) is 6.35. The van der Waals surface area contributed by atoms with E-state index in [2.05, 4.69) is 22.7 Å². The van der Waals surface area contributed by atoms with Gasteiger partial charge in [-0.15, -0.1) is 0 Å². The third-order valence-electron chi connectivity index (χ3n) is 5.91. The molecule has 4 rings (SSSR count). The zero-order valence-electron chi connectivity index (χ0n) is 15.0. The van der Waals surface area contributed by atoms with Gasteiger partial charge in [0.15, 0.2) is 5.82 Å². The highest BCUT2D eigenvalue weighted by Gasteiger charge is 2.38. The Morgan fingerprint density at radius 2 is 2.04 bits per heavy atom. The van der Waals surface area contributed by atoms with Gasteiger partial charge < -0.3 is 10.2 Å². The molecule has 2 heterocycles. The van der Waals surface area contributed by atoms with Crippen molar-refractivity contribution in [1.29, 1.82) is 0 Å². The maximum atomic E-state index is 12.4. The van der Waals surface area contributed by atoms with Crippen LogP contribution >= 0.6 is 0 Å². The Bertz CT molecular complexity index is 677. The van der Waals surface area contributed by atoms with Gasteiger partial charge in [0.1, 0.15) is 6.04 Å². The summed E-state index contributed by atoms with van der Waals surface area (Å²) < 4.78 is 1.99. The summed E-state index contributed by atoms with van der Waals surface area (Å²) >= 11 is 0. The van der Waals surface area contributed by atoms with E-state index in [1.54, 1.807) is 0 Å². The van der Waals surface area contributed by atoms with E-state index in [1.165, 1.54) is 19.3 Å². The fourth-order valence-corrected chi connectivity index (χ4v) is 3.95. The van der Waals surface area contributed by atoms with Gasteiger partial charge in [-0.25, -0.2) is 4.79 Å². The summed E-state index contributed by atoms with van der Waals surface area (Å²) in [5.41, 5.74) is 1.04. The van der Waals surface area contributed by atoms with Crippen molar-refractivity contribution in [2.24, 2.45) is 5.92 Å². The molecule has 3 amide bonds. The number of aromatic nitrogens is 2. The first-order valence-corrected chi connectivity index (χ1v) is 9.47. The van der Waals surface area contributed by atoms with Crippen molar-refractivity contribution >= 4 is 17.8 Å². The standard InChI is InChI=1S/C18H27N5O2/c1-11-10-16(21-23(11)12(2)13-6-7-13)20-18(25)19-15-8-9-22(17(15)24)14-4-3-5-14/h10,12-15H,3-9H2,1-2H3,(H2,19,20,21,25). The van der Waals surface area contributed by atoms with Crippen molar-refractivity contribution < 1.29 is 9.59 Å². The highest BCUT2D eigenvalue weighted by atomic mass is 16.2. The maximum absolute atomic E-state index is 12.4. The van der Waals surface area contributed by atoms with Gasteiger partial charge >= 0.3 is 6.03 Å². The molecule has 7 heteroatoms. The summed E-state index contributed by atoms with van der Waals surface area (Å²) in [6.45, 7) is 4.93. The number of urea groups is 1. The first kappa shape index (κ1) is 16.4. The molecule has 25 heavy (non-hydrogen) atoms. The Labute approximate surface area is 148 Å². The summed E-state index contributed by atoms with van der Waals surface area (Å²) in [6.07, 6.45) is 6.60. The van der Waals surface area contributed by atoms with E-state index in [1.807, 2.05) is 22.6 Å². The molecule has 1 aliphatic heterocycles. The Hall–Kier alpha value is -2.05. The van der Waals surface area contributed by atoms with E-state index in [0.29, 0.717) is 30.2 Å². The first-order valence-electron chi connectivity index (χ1n) is 9.47. The van der Waals surface area contributed by atoms with Gasteiger partial charge in [-0.2, -0.15) is 5.10 Å². The van der Waals surface area contributed by atoms with E-state index in [-0.39, 0.29) is 11.9 Å². The van der Waals surface area contributed by atoms with E-state index in [9.17, 15) is 9.59 Å². The third-order valence-corrected chi connectivity index (χ3v) is 5.91. The molecule has 7 nitrogen and oxygen atoms in total. The van der Waals surface area contributed by atoms with Gasteiger partial charge in [-0.05, 0) is 58.3 Å². The van der Waals surface area contributed by atoms with Crippen molar-refractivity contribution in [2.45, 2.75) is 70.5 Å². The Kier molecular flexibility index (Phi) is 4.17. The maximum Gasteiger partial charge on any atom is 0.321 e. The van der Waals surface area contributed by atoms with Gasteiger partial charge in [-0.3, -0.25) is 14.8 Å². The number of likely N-dealkylation sites (tertiary alicyclic amines) is 1. The van der Waals surface area contributed by atoms with Crippen molar-refractivity contribution in [3.8, 4) is 0 Å². The minimum absolute atomic E-state index is 0.0592. The van der Waals surface area contributed by atoms with Gasteiger partial charge in [0.25, 0.3) is 0 Å². The summed E-state index contributed by atoms with van der Waals surface area (Å²) in [4.78, 5) is 26.6. The molecule has 2 unspecified atom stereocenters. The number of anilines is 1. The number of rotatable bonds is 5. The van der Waals surface area contributed by atoms with Crippen LogP contribution in [-0.2, 0) is 4.79 Å². The number of carbonyl (C=O) groups excluding carboxylic acids is 2. The summed E-state index contributed by atoms with van der Waals surface area (Å²) in [5, 5.41) is 10.1. The molecule has 2 aliphatic carbocycles. The fourth-order valence-electron chi connectivity index (χ4n) is 3.95. The average Bonchev–Trinajstić information content (AvgIpc) is 3.23. The number of nitrogens with one attached hydrogen (secondary N) is 2. The molecular weight excluding hydrogens is 318 g/mol. The summed E-state index contributed by atoms with van der Waals surface area (Å²) in [7, 11) is 0. The number of aryl methyl sites for hydroxylation is 1. The van der Waals surface area contributed by atoms with Gasteiger partial charge in [0.05, 0.1) is 6.04 Å². The topological polar surface area (TPSA) is 79.3 Å². The highest BCUT2D eigenvalue weighted by Crippen LogP contribution is 2.39. The fraction of sp³-hybridized carbons (Fsp3) is 0.722. The third kappa shape index (κ3) is 3.24. The zero-order valence-corrected chi connectivity index (χ0v) is 15.0. The molecule has 1 saturated heterocycles. The normalized spacial score (nSPS) is 25.0. The van der Waals surface area contributed by atoms with Crippen molar-refractivity contribution in [3.63, 3.8) is 0 Å². The number of nitrogens with zero attached hydrogens (tertiary/aromatic N) is 3. The van der Waals surface area contributed by atoms with E-state index in [0.717, 1.165) is 25.1 Å². The van der Waals surface area contributed by atoms with Crippen LogP contribution in [-0.4, -0.2) is 45.2 Å². The molecule has 0 spiro atoms. The van der Waals surface area contributed by atoms with Crippen LogP contribution in [0.4, 0.5) is 10.6 Å². The van der Waals surface area contributed by atoms with Gasteiger partial charge in [-0.1, -0.05) is 0 Å². The second-order valence-electron chi connectivity index (χ2n) is 7.75. The van der Waals surface area contributed by atoms with Crippen molar-refractivity contribution in [3.05, 3.63) is 11.8 Å². The predicted molar refractivity (Wildman–Crippen MR) is 94.3 cm³/mol. The second-order valence-corrected chi connectivity index (χ2v) is 7.75. The van der Waals surface area contributed by atoms with Crippen LogP contribution in [0, 0.1) is 12.8 Å². The number of hydrogen-bond acceptors (Lipinski definition) is 3. The van der Waals surface area contributed by atoms with Crippen LogP contribution < -0.4 is 10.6 Å². The molecular formula is C18H27N5O2. The minimum Gasteiger partial charge on any atom is -0.338 e. The Morgan fingerprint density at radius 3 is 2.68 bits per heavy atom. The smallest absolute Gasteiger partial charge is 0.321 e. The highest BCUT2D eigenvalue weighted by molar-refractivity contribution is 5.94. The van der Waals surface area contributed by atoms with Crippen LogP contribution in [0.25, 0.3) is 0 Å². The number of carbonyl (C=O) groups is 2. The number of hydrogen-bond donors (Lipinski definition) is 2. The molecule has 2 atom stereocenters. The van der Waals surface area contributed by atoms with Crippen molar-refractivity contribution in [2.75, 3.05) is 11.9 Å². The van der Waals surface area contributed by atoms with Crippen LogP contribution in [0.5, 0.6) is 0 Å². The lowest BCUT2D eigenvalue weighted by Crippen LogP contribution is -2.47. The van der Waals surface area contributed by atoms with Crippen LogP contribution in [0.3, 0.4) is 0 Å². The molecule has 1 aromatic heterocycles. The SMILES string of the molecule is Cc1cc(NC(=O)NC2CCN(C3CCC3)C2=O)nn1C(C)C1CC1. The molecule has 0 bridgehead atoms. The monoisotopic (exact) mass is 345 g/mol. The van der Waals surface area contributed by atoms with Gasteiger partial charge in [0, 0.05) is 24.3 Å². The molecule has 2 N–H and O–H groups in total. The zero-order chi connectivity index (χ0) is 17.6. The Morgan fingerprint density at radius 1 is 1.28 bits per heavy atom. The lowest BCUT2D eigenvalue weighted by molar-refractivity contribution is -0.132. The lowest BCUT2D eigenvalue weighted by atomic mass is 9.92. The molecule has 1 aromatic rings. The molecule has 0 aromatic carbocycles. The predicted octanol–water partition coefficient (Wildman–Crippen LogP) is 2.44. The largest absolute Gasteiger partial charge is 0.338 e. The van der Waals surface area contributed by atoms with Crippen LogP contribution in [0.1, 0.15) is 57.2 Å². The lowest BCUT2D eigenvalue weighted by Gasteiger charge is -2.34. The molecule has 2 saturated carbocycles. The molecule has 0 radical (unpaired) electrons. The minimum atomic E-state index is -0.408. The molecule has 3 fully saturated rings. The number of amides is 3.